The van der Waals surface area contributed by atoms with Gasteiger partial charge >= 0.3 is 11.9 Å². The Bertz CT molecular complexity index is 801. The number of benzene rings is 2. The van der Waals surface area contributed by atoms with Gasteiger partial charge in [-0.05, 0) is 34.1 Å². The lowest BCUT2D eigenvalue weighted by Crippen LogP contribution is -2.07. The Labute approximate surface area is 137 Å². The summed E-state index contributed by atoms with van der Waals surface area (Å²) in [6.45, 7) is 0. The Morgan fingerprint density at radius 2 is 1.54 bits per heavy atom. The van der Waals surface area contributed by atoms with E-state index in [-0.39, 0.29) is 16.6 Å². The Morgan fingerprint density at radius 3 is 2.00 bits per heavy atom. The molecule has 0 bridgehead atoms. The van der Waals surface area contributed by atoms with Crippen LogP contribution in [-0.4, -0.2) is 4.92 Å². The molecule has 0 fully saturated rings. The number of nitro benzene ring substituents is 1. The lowest BCUT2D eigenvalue weighted by atomic mass is 10.2. The first-order valence-electron chi connectivity index (χ1n) is 5.88. The molecule has 0 aromatic heterocycles. The molecule has 11 heteroatoms. The van der Waals surface area contributed by atoms with Crippen LogP contribution in [0.1, 0.15) is 5.56 Å². The maximum atomic E-state index is 13.7. The van der Waals surface area contributed by atoms with Gasteiger partial charge in [-0.25, -0.2) is 13.2 Å². The van der Waals surface area contributed by atoms with Crippen LogP contribution in [-0.2, 0) is 6.18 Å². The van der Waals surface area contributed by atoms with Gasteiger partial charge in [-0.15, -0.1) is 0 Å². The van der Waals surface area contributed by atoms with Crippen LogP contribution in [0.2, 0.25) is 0 Å². The molecule has 0 aliphatic carbocycles. The summed E-state index contributed by atoms with van der Waals surface area (Å²) >= 11 is 2.72. The van der Waals surface area contributed by atoms with E-state index in [9.17, 15) is 36.5 Å². The lowest BCUT2D eigenvalue weighted by Gasteiger charge is -2.12. The van der Waals surface area contributed by atoms with Crippen molar-refractivity contribution in [1.82, 2.24) is 0 Å². The van der Waals surface area contributed by atoms with Crippen molar-refractivity contribution in [3.63, 3.8) is 0 Å². The summed E-state index contributed by atoms with van der Waals surface area (Å²) in [5.41, 5.74) is -2.57. The second-order valence-electron chi connectivity index (χ2n) is 4.36. The third-order valence-corrected chi connectivity index (χ3v) is 3.30. The molecule has 0 amide bonds. The lowest BCUT2D eigenvalue weighted by molar-refractivity contribution is -0.385. The molecule has 0 atom stereocenters. The smallest absolute Gasteiger partial charge is 0.416 e. The van der Waals surface area contributed by atoms with Gasteiger partial charge in [-0.2, -0.15) is 13.2 Å². The van der Waals surface area contributed by atoms with Gasteiger partial charge in [0.15, 0.2) is 17.4 Å². The number of nitro groups is 1. The Kier molecular flexibility index (Phi) is 4.74. The first kappa shape index (κ1) is 18.0. The van der Waals surface area contributed by atoms with Gasteiger partial charge in [-0.1, -0.05) is 0 Å². The second-order valence-corrected chi connectivity index (χ2v) is 5.22. The zero-order valence-electron chi connectivity index (χ0n) is 11.1. The Hall–Kier alpha value is -2.30. The second kappa shape index (κ2) is 6.30. The molecule has 2 aromatic rings. The highest BCUT2D eigenvalue weighted by Crippen LogP contribution is 2.41. The van der Waals surface area contributed by atoms with Crippen molar-refractivity contribution in [2.24, 2.45) is 0 Å². The largest absolute Gasteiger partial charge is 0.443 e. The molecule has 0 heterocycles. The summed E-state index contributed by atoms with van der Waals surface area (Å²) in [5, 5.41) is 10.9. The number of nitrogens with zero attached hydrogens (tertiary/aromatic N) is 1. The monoisotopic (exact) mass is 415 g/mol. The zero-order chi connectivity index (χ0) is 18.2. The molecule has 0 radical (unpaired) electrons. The summed E-state index contributed by atoms with van der Waals surface area (Å²) in [5.74, 6) is -6.55. The predicted molar refractivity (Wildman–Crippen MR) is 72.2 cm³/mol. The van der Waals surface area contributed by atoms with Crippen LogP contribution >= 0.6 is 15.9 Å². The molecule has 0 saturated heterocycles. The van der Waals surface area contributed by atoms with E-state index in [1.54, 1.807) is 0 Å². The predicted octanol–water partition coefficient (Wildman–Crippen LogP) is 5.59. The van der Waals surface area contributed by atoms with Crippen LogP contribution in [0.5, 0.6) is 11.5 Å². The van der Waals surface area contributed by atoms with Gasteiger partial charge in [0, 0.05) is 0 Å². The third-order valence-electron chi connectivity index (χ3n) is 2.72. The van der Waals surface area contributed by atoms with E-state index in [4.69, 9.17) is 4.74 Å². The number of hydrogen-bond donors (Lipinski definition) is 0. The summed E-state index contributed by atoms with van der Waals surface area (Å²) in [4.78, 5) is 9.79. The summed E-state index contributed by atoms with van der Waals surface area (Å²) in [6.07, 6.45) is -5.00. The number of alkyl halides is 3. The third kappa shape index (κ3) is 3.61. The molecule has 0 saturated carbocycles. The Balaban J connectivity index is 2.56. The van der Waals surface area contributed by atoms with Crippen molar-refractivity contribution in [3.8, 4) is 11.5 Å². The van der Waals surface area contributed by atoms with Crippen molar-refractivity contribution in [2.45, 2.75) is 6.18 Å². The van der Waals surface area contributed by atoms with E-state index in [2.05, 4.69) is 15.9 Å². The van der Waals surface area contributed by atoms with Gasteiger partial charge in [0.05, 0.1) is 21.0 Å². The van der Waals surface area contributed by atoms with E-state index in [1.807, 2.05) is 0 Å². The topological polar surface area (TPSA) is 52.4 Å². The standard InChI is InChI=1S/C13H4BrF6NO3/c14-7-3-6(15)4-10(21(22)23)11(7)24-12-8(16)1-5(2-9(12)17)13(18,19)20/h1-4H. The van der Waals surface area contributed by atoms with Crippen molar-refractivity contribution in [2.75, 3.05) is 0 Å². The van der Waals surface area contributed by atoms with E-state index in [0.29, 0.717) is 6.07 Å². The average Bonchev–Trinajstić information content (AvgIpc) is 2.42. The molecule has 4 nitrogen and oxygen atoms in total. The van der Waals surface area contributed by atoms with Crippen molar-refractivity contribution >= 4 is 21.6 Å². The minimum absolute atomic E-state index is 0.0261. The molecule has 2 rings (SSSR count). The first-order chi connectivity index (χ1) is 11.0. The molecular formula is C13H4BrF6NO3. The molecule has 24 heavy (non-hydrogen) atoms. The van der Waals surface area contributed by atoms with Crippen LogP contribution in [0, 0.1) is 27.6 Å². The Morgan fingerprint density at radius 1 is 1.00 bits per heavy atom. The first-order valence-corrected chi connectivity index (χ1v) is 6.67. The highest BCUT2D eigenvalue weighted by Gasteiger charge is 2.33. The number of hydrogen-bond acceptors (Lipinski definition) is 3. The SMILES string of the molecule is O=[N+]([O-])c1cc(F)cc(Br)c1Oc1c(F)cc(C(F)(F)F)cc1F. The van der Waals surface area contributed by atoms with Gasteiger partial charge in [0.1, 0.15) is 5.82 Å². The summed E-state index contributed by atoms with van der Waals surface area (Å²) in [7, 11) is 0. The van der Waals surface area contributed by atoms with Crippen molar-refractivity contribution in [3.05, 3.63) is 61.9 Å². The van der Waals surface area contributed by atoms with E-state index < -0.39 is 51.3 Å². The van der Waals surface area contributed by atoms with Crippen molar-refractivity contribution < 1.29 is 36.0 Å². The fourth-order valence-electron chi connectivity index (χ4n) is 1.71. The summed E-state index contributed by atoms with van der Waals surface area (Å²) < 4.78 is 82.5. The number of halogens is 7. The molecular weight excluding hydrogens is 412 g/mol. The van der Waals surface area contributed by atoms with Gasteiger partial charge in [0.2, 0.25) is 5.75 Å². The maximum Gasteiger partial charge on any atom is 0.416 e. The van der Waals surface area contributed by atoms with E-state index in [0.717, 1.165) is 6.07 Å². The molecule has 0 aliphatic heterocycles. The average molecular weight is 416 g/mol. The van der Waals surface area contributed by atoms with Gasteiger partial charge < -0.3 is 4.74 Å². The van der Waals surface area contributed by atoms with E-state index in [1.165, 1.54) is 0 Å². The highest BCUT2D eigenvalue weighted by molar-refractivity contribution is 9.10. The number of rotatable bonds is 3. The van der Waals surface area contributed by atoms with Crippen LogP contribution in [0.15, 0.2) is 28.7 Å². The molecule has 128 valence electrons. The van der Waals surface area contributed by atoms with Crippen molar-refractivity contribution in [1.29, 1.82) is 0 Å². The van der Waals surface area contributed by atoms with Crippen LogP contribution in [0.25, 0.3) is 0 Å². The fourth-order valence-corrected chi connectivity index (χ4v) is 2.21. The molecule has 0 N–H and O–H groups in total. The molecule has 0 aliphatic rings. The van der Waals surface area contributed by atoms with Gasteiger partial charge in [0.25, 0.3) is 0 Å². The summed E-state index contributed by atoms with van der Waals surface area (Å²) in [6, 6.07) is 1.10. The maximum absolute atomic E-state index is 13.7. The van der Waals surface area contributed by atoms with Crippen LogP contribution < -0.4 is 4.74 Å². The minimum atomic E-state index is -5.00. The highest BCUT2D eigenvalue weighted by atomic mass is 79.9. The van der Waals surface area contributed by atoms with Crippen LogP contribution in [0.3, 0.4) is 0 Å². The molecule has 2 aromatic carbocycles. The zero-order valence-corrected chi connectivity index (χ0v) is 12.7. The number of ether oxygens (including phenoxy) is 1. The normalized spacial score (nSPS) is 11.5. The molecule has 0 unspecified atom stereocenters. The quantitative estimate of drug-likeness (QED) is 0.373. The van der Waals surface area contributed by atoms with E-state index >= 15 is 0 Å². The van der Waals surface area contributed by atoms with Crippen LogP contribution in [0.4, 0.5) is 32.0 Å². The van der Waals surface area contributed by atoms with Gasteiger partial charge in [-0.3, -0.25) is 10.1 Å². The molecule has 0 spiro atoms. The fraction of sp³-hybridized carbons (Fsp3) is 0.0769. The minimum Gasteiger partial charge on any atom is -0.443 e.